The van der Waals surface area contributed by atoms with Crippen LogP contribution in [0.3, 0.4) is 0 Å². The molecule has 21 heavy (non-hydrogen) atoms. The van der Waals surface area contributed by atoms with Crippen LogP contribution in [0.5, 0.6) is 5.75 Å². The first-order chi connectivity index (χ1) is 9.52. The molecule has 0 aliphatic rings. The lowest BCUT2D eigenvalue weighted by atomic mass is 10.1. The van der Waals surface area contributed by atoms with Crippen LogP contribution in [-0.2, 0) is 26.1 Å². The molecule has 1 aromatic carbocycles. The van der Waals surface area contributed by atoms with E-state index in [0.29, 0.717) is 0 Å². The lowest BCUT2D eigenvalue weighted by molar-refractivity contribution is 0.460. The van der Waals surface area contributed by atoms with Gasteiger partial charge in [0.05, 0.1) is 11.1 Å². The van der Waals surface area contributed by atoms with Crippen LogP contribution in [0.4, 0.5) is 0 Å². The van der Waals surface area contributed by atoms with Gasteiger partial charge in [-0.3, -0.25) is 9.35 Å². The summed E-state index contributed by atoms with van der Waals surface area (Å²) in [5.41, 5.74) is -1.95. The Labute approximate surface area is 119 Å². The van der Waals surface area contributed by atoms with E-state index in [4.69, 9.17) is 9.69 Å². The first-order valence-electron chi connectivity index (χ1n) is 5.36. The van der Waals surface area contributed by atoms with Gasteiger partial charge in [-0.15, -0.1) is 0 Å². The van der Waals surface area contributed by atoms with E-state index in [1.54, 1.807) is 0 Å². The quantitative estimate of drug-likeness (QED) is 0.617. The summed E-state index contributed by atoms with van der Waals surface area (Å²) in [6, 6.07) is 5.43. The lowest BCUT2D eigenvalue weighted by Crippen LogP contribution is -2.35. The fraction of sp³-hybridized carbons (Fsp3) is 0.100. The zero-order chi connectivity index (χ0) is 16.0. The van der Waals surface area contributed by atoms with E-state index in [0.717, 1.165) is 0 Å². The van der Waals surface area contributed by atoms with Crippen molar-refractivity contribution >= 4 is 31.1 Å². The van der Waals surface area contributed by atoms with Crippen molar-refractivity contribution in [1.29, 1.82) is 0 Å². The molecule has 2 rings (SSSR count). The number of rotatable bonds is 3. The largest absolute Gasteiger partial charge is 0.505 e. The molecule has 0 amide bonds. The Bertz CT molecular complexity index is 990. The molecule has 9 nitrogen and oxygen atoms in total. The summed E-state index contributed by atoms with van der Waals surface area (Å²) in [4.78, 5) is 12.2. The van der Waals surface area contributed by atoms with E-state index in [2.05, 4.69) is 0 Å². The monoisotopic (exact) mass is 334 g/mol. The summed E-state index contributed by atoms with van der Waals surface area (Å²) >= 11 is 0. The normalized spacial score (nSPS) is 12.7. The Morgan fingerprint density at radius 1 is 1.10 bits per heavy atom. The fourth-order valence-electron chi connectivity index (χ4n) is 1.93. The third-order valence-electron chi connectivity index (χ3n) is 2.69. The van der Waals surface area contributed by atoms with Crippen LogP contribution < -0.4 is 10.7 Å². The van der Waals surface area contributed by atoms with Crippen molar-refractivity contribution in [3.63, 3.8) is 0 Å². The van der Waals surface area contributed by atoms with Gasteiger partial charge >= 0.3 is 10.2 Å². The van der Waals surface area contributed by atoms with Gasteiger partial charge < -0.3 is 5.11 Å². The van der Waals surface area contributed by atoms with Crippen molar-refractivity contribution in [2.24, 2.45) is 5.14 Å². The second kappa shape index (κ2) is 4.80. The molecule has 2 aromatic rings. The van der Waals surface area contributed by atoms with Gasteiger partial charge in [0.25, 0.3) is 15.7 Å². The van der Waals surface area contributed by atoms with E-state index in [1.807, 2.05) is 0 Å². The molecule has 0 spiro atoms. The lowest BCUT2D eigenvalue weighted by Gasteiger charge is -2.13. The molecule has 0 radical (unpaired) electrons. The molecule has 0 unspecified atom stereocenters. The van der Waals surface area contributed by atoms with Gasteiger partial charge in [0.2, 0.25) is 0 Å². The van der Waals surface area contributed by atoms with Crippen LogP contribution in [-0.4, -0.2) is 30.5 Å². The van der Waals surface area contributed by atoms with Crippen LogP contribution in [0.2, 0.25) is 0 Å². The Morgan fingerprint density at radius 2 is 1.62 bits per heavy atom. The summed E-state index contributed by atoms with van der Waals surface area (Å²) in [5, 5.41) is 14.7. The van der Waals surface area contributed by atoms with E-state index in [9.17, 15) is 26.7 Å². The highest BCUT2D eigenvalue weighted by Gasteiger charge is 2.25. The minimum Gasteiger partial charge on any atom is -0.505 e. The van der Waals surface area contributed by atoms with Crippen LogP contribution in [0, 0.1) is 0 Å². The van der Waals surface area contributed by atoms with Crippen LogP contribution >= 0.6 is 0 Å². The van der Waals surface area contributed by atoms with Gasteiger partial charge in [-0.2, -0.15) is 20.8 Å². The van der Waals surface area contributed by atoms with Gasteiger partial charge in [0.1, 0.15) is 11.5 Å². The number of hydrogen-bond donors (Lipinski definition) is 3. The number of fused-ring (bicyclic) bond motifs is 1. The molecule has 0 saturated carbocycles. The van der Waals surface area contributed by atoms with Crippen molar-refractivity contribution in [3.05, 3.63) is 40.3 Å². The maximum atomic E-state index is 12.2. The second-order valence-corrected chi connectivity index (χ2v) is 7.03. The maximum Gasteiger partial charge on any atom is 0.305 e. The molecule has 0 bridgehead atoms. The highest BCUT2D eigenvalue weighted by Crippen LogP contribution is 2.27. The topological polar surface area (TPSA) is 157 Å². The first kappa shape index (κ1) is 15.4. The van der Waals surface area contributed by atoms with Crippen LogP contribution in [0.1, 0.15) is 5.69 Å². The average molecular weight is 334 g/mol. The number of aromatic hydroxyl groups is 1. The third kappa shape index (κ3) is 2.90. The van der Waals surface area contributed by atoms with Gasteiger partial charge in [0, 0.05) is 5.39 Å². The number of pyridine rings is 1. The van der Waals surface area contributed by atoms with Crippen LogP contribution in [0.15, 0.2) is 29.1 Å². The van der Waals surface area contributed by atoms with Crippen molar-refractivity contribution in [2.75, 3.05) is 0 Å². The Kier molecular flexibility index (Phi) is 3.53. The van der Waals surface area contributed by atoms with Gasteiger partial charge in [-0.1, -0.05) is 18.2 Å². The Morgan fingerprint density at radius 3 is 2.10 bits per heavy atom. The van der Waals surface area contributed by atoms with Crippen LogP contribution in [0.25, 0.3) is 10.8 Å². The zero-order valence-corrected chi connectivity index (χ0v) is 11.9. The van der Waals surface area contributed by atoms with Gasteiger partial charge in [-0.25, -0.2) is 5.14 Å². The Hall–Kier alpha value is -1.95. The molecule has 1 aromatic heterocycles. The minimum atomic E-state index is -4.71. The van der Waals surface area contributed by atoms with E-state index in [1.165, 1.54) is 24.3 Å². The molecule has 0 fully saturated rings. The highest BCUT2D eigenvalue weighted by molar-refractivity contribution is 7.87. The molecular formula is C10H10N2O7S2. The number of hydrogen-bond acceptors (Lipinski definition) is 6. The molecule has 0 atom stereocenters. The minimum absolute atomic E-state index is 0.0432. The first-order valence-corrected chi connectivity index (χ1v) is 8.47. The molecule has 0 saturated heterocycles. The predicted molar refractivity (Wildman–Crippen MR) is 73.6 cm³/mol. The number of aromatic nitrogens is 1. The van der Waals surface area contributed by atoms with E-state index >= 15 is 0 Å². The highest BCUT2D eigenvalue weighted by atomic mass is 32.2. The van der Waals surface area contributed by atoms with Crippen molar-refractivity contribution < 1.29 is 26.5 Å². The number of nitrogens with two attached hydrogens (primary N) is 1. The van der Waals surface area contributed by atoms with E-state index < -0.39 is 43.1 Å². The molecule has 11 heteroatoms. The molecule has 0 aliphatic heterocycles. The number of benzene rings is 1. The molecule has 114 valence electrons. The summed E-state index contributed by atoms with van der Waals surface area (Å²) in [5.74, 6) is -2.05. The third-order valence-corrected chi connectivity index (χ3v) is 4.22. The second-order valence-electron chi connectivity index (χ2n) is 4.18. The van der Waals surface area contributed by atoms with Crippen molar-refractivity contribution in [3.8, 4) is 5.75 Å². The summed E-state index contributed by atoms with van der Waals surface area (Å²) in [7, 11) is -9.39. The summed E-state index contributed by atoms with van der Waals surface area (Å²) in [6.07, 6.45) is 0. The maximum absolute atomic E-state index is 12.2. The van der Waals surface area contributed by atoms with E-state index in [-0.39, 0.29) is 14.7 Å². The molecule has 1 heterocycles. The smallest absolute Gasteiger partial charge is 0.305 e. The summed E-state index contributed by atoms with van der Waals surface area (Å²) < 4.78 is 53.8. The zero-order valence-electron chi connectivity index (χ0n) is 10.3. The van der Waals surface area contributed by atoms with Gasteiger partial charge in [0.15, 0.2) is 0 Å². The van der Waals surface area contributed by atoms with Crippen molar-refractivity contribution in [1.82, 2.24) is 3.97 Å². The Balaban J connectivity index is 3.08. The average Bonchev–Trinajstić information content (AvgIpc) is 2.32. The predicted octanol–water partition coefficient (Wildman–Crippen LogP) is -0.853. The number of nitrogens with zero attached hydrogens (tertiary/aromatic N) is 1. The SMILES string of the molecule is NS(=O)(=O)n1c(CS(=O)(=O)O)c(O)c2ccccc2c1=O. The molecular weight excluding hydrogens is 324 g/mol. The standard InChI is InChI=1S/C10H10N2O7S2/c11-21(18,19)12-8(5-20(15,16)17)9(13)6-3-1-2-4-7(6)10(12)14/h1-4,13H,5H2,(H2,11,18,19)(H,15,16,17). The van der Waals surface area contributed by atoms with Gasteiger partial charge in [-0.05, 0) is 6.07 Å². The molecule has 4 N–H and O–H groups in total. The molecule has 0 aliphatic carbocycles. The van der Waals surface area contributed by atoms with Crippen molar-refractivity contribution in [2.45, 2.75) is 5.75 Å². The fourth-order valence-corrected chi connectivity index (χ4v) is 3.41. The summed E-state index contributed by atoms with van der Waals surface area (Å²) in [6.45, 7) is 0.